The molecule has 0 spiro atoms. The molecule has 3 rings (SSSR count). The molecule has 0 saturated heterocycles. The highest BCUT2D eigenvalue weighted by Crippen LogP contribution is 2.39. The van der Waals surface area contributed by atoms with Crippen LogP contribution in [0, 0.1) is 10.1 Å². The zero-order chi connectivity index (χ0) is 27.7. The van der Waals surface area contributed by atoms with Crippen LogP contribution in [0.5, 0.6) is 28.7 Å². The molecule has 0 aromatic heterocycles. The lowest BCUT2D eigenvalue weighted by Crippen LogP contribution is -2.09. The van der Waals surface area contributed by atoms with Crippen molar-refractivity contribution in [3.05, 3.63) is 81.4 Å². The monoisotopic (exact) mass is 520 g/mol. The van der Waals surface area contributed by atoms with Crippen LogP contribution in [0.4, 0.5) is 11.4 Å². The fraction of sp³-hybridized carbons (Fsp3) is 0.179. The number of nitrogens with one attached hydrogen (secondary N) is 1. The minimum Gasteiger partial charge on any atom is -0.497 e. The molecule has 0 saturated carbocycles. The number of nitro groups is 1. The number of benzene rings is 3. The highest BCUT2D eigenvalue weighted by atomic mass is 16.6. The molecule has 10 nitrogen and oxygen atoms in total. The third-order valence-corrected chi connectivity index (χ3v) is 5.49. The second-order valence-electron chi connectivity index (χ2n) is 7.76. The predicted molar refractivity (Wildman–Crippen MR) is 145 cm³/mol. The van der Waals surface area contributed by atoms with E-state index in [1.165, 1.54) is 52.7 Å². The molecule has 3 aromatic carbocycles. The number of anilines is 1. The number of carbonyl (C=O) groups is 1. The van der Waals surface area contributed by atoms with Crippen molar-refractivity contribution in [1.82, 2.24) is 0 Å². The van der Waals surface area contributed by atoms with Crippen LogP contribution in [-0.2, 0) is 4.79 Å². The molecule has 0 bridgehead atoms. The minimum absolute atomic E-state index is 0.137. The van der Waals surface area contributed by atoms with Gasteiger partial charge < -0.3 is 29.0 Å². The normalized spacial score (nSPS) is 10.9. The van der Waals surface area contributed by atoms with E-state index in [1.54, 1.807) is 43.5 Å². The largest absolute Gasteiger partial charge is 0.497 e. The average molecular weight is 521 g/mol. The van der Waals surface area contributed by atoms with Crippen molar-refractivity contribution < 1.29 is 33.4 Å². The van der Waals surface area contributed by atoms with Gasteiger partial charge in [0.15, 0.2) is 17.2 Å². The van der Waals surface area contributed by atoms with Crippen molar-refractivity contribution in [1.29, 1.82) is 0 Å². The Hall–Kier alpha value is -4.99. The summed E-state index contributed by atoms with van der Waals surface area (Å²) >= 11 is 0. The van der Waals surface area contributed by atoms with Crippen LogP contribution in [0.15, 0.2) is 54.6 Å². The van der Waals surface area contributed by atoms with Crippen LogP contribution in [0.3, 0.4) is 0 Å². The van der Waals surface area contributed by atoms with Crippen molar-refractivity contribution in [3.63, 3.8) is 0 Å². The Morgan fingerprint density at radius 3 is 2.03 bits per heavy atom. The number of methoxy groups -OCH3 is 5. The molecule has 10 heteroatoms. The molecular weight excluding hydrogens is 492 g/mol. The fourth-order valence-electron chi connectivity index (χ4n) is 3.60. The summed E-state index contributed by atoms with van der Waals surface area (Å²) in [5, 5.41) is 14.1. The van der Waals surface area contributed by atoms with E-state index in [9.17, 15) is 14.9 Å². The first kappa shape index (κ1) is 27.6. The molecule has 3 aromatic rings. The lowest BCUT2D eigenvalue weighted by molar-refractivity contribution is -0.385. The molecule has 0 unspecified atom stereocenters. The van der Waals surface area contributed by atoms with E-state index in [0.717, 1.165) is 5.56 Å². The fourth-order valence-corrected chi connectivity index (χ4v) is 3.60. The Morgan fingerprint density at radius 1 is 0.763 bits per heavy atom. The van der Waals surface area contributed by atoms with Crippen LogP contribution < -0.4 is 29.0 Å². The zero-order valence-corrected chi connectivity index (χ0v) is 21.6. The number of nitro benzene ring substituents is 1. The topological polar surface area (TPSA) is 118 Å². The van der Waals surface area contributed by atoms with Gasteiger partial charge in [0.25, 0.3) is 0 Å². The van der Waals surface area contributed by atoms with Crippen molar-refractivity contribution in [2.75, 3.05) is 40.9 Å². The van der Waals surface area contributed by atoms with E-state index in [0.29, 0.717) is 39.8 Å². The first-order valence-corrected chi connectivity index (χ1v) is 11.3. The summed E-state index contributed by atoms with van der Waals surface area (Å²) in [7, 11) is 7.52. The molecule has 38 heavy (non-hydrogen) atoms. The van der Waals surface area contributed by atoms with Gasteiger partial charge in [-0.15, -0.1) is 0 Å². The van der Waals surface area contributed by atoms with Gasteiger partial charge in [0.1, 0.15) is 5.75 Å². The molecule has 0 fully saturated rings. The average Bonchev–Trinajstić information content (AvgIpc) is 2.94. The predicted octanol–water partition coefficient (Wildman–Crippen LogP) is 5.46. The van der Waals surface area contributed by atoms with Crippen LogP contribution >= 0.6 is 0 Å². The first-order chi connectivity index (χ1) is 18.3. The van der Waals surface area contributed by atoms with Gasteiger partial charge in [-0.3, -0.25) is 14.9 Å². The lowest BCUT2D eigenvalue weighted by atomic mass is 10.1. The highest BCUT2D eigenvalue weighted by Gasteiger charge is 2.15. The second kappa shape index (κ2) is 12.8. The Morgan fingerprint density at radius 2 is 1.45 bits per heavy atom. The van der Waals surface area contributed by atoms with E-state index in [-0.39, 0.29) is 11.4 Å². The standard InChI is InChI=1S/C28H28N2O8/c1-34-21-10-11-22(29-27(31)13-8-18-7-12-24(35-2)23(14-18)30(32)33)20(17-21)9-6-19-15-25(36-3)28(38-5)26(16-19)37-4/h6-17H,1-5H3,(H,29,31)/b9-6?,13-8+. The number of ether oxygens (including phenoxy) is 5. The quantitative estimate of drug-likeness (QED) is 0.153. The maximum absolute atomic E-state index is 12.7. The van der Waals surface area contributed by atoms with Crippen molar-refractivity contribution >= 4 is 35.5 Å². The van der Waals surface area contributed by atoms with Gasteiger partial charge in [-0.25, -0.2) is 0 Å². The van der Waals surface area contributed by atoms with E-state index in [2.05, 4.69) is 5.32 Å². The van der Waals surface area contributed by atoms with Crippen LogP contribution in [0.2, 0.25) is 0 Å². The first-order valence-electron chi connectivity index (χ1n) is 11.3. The van der Waals surface area contributed by atoms with Gasteiger partial charge in [0.2, 0.25) is 11.7 Å². The minimum atomic E-state index is -0.541. The van der Waals surface area contributed by atoms with E-state index in [1.807, 2.05) is 12.2 Å². The van der Waals surface area contributed by atoms with Gasteiger partial charge in [-0.05, 0) is 53.6 Å². The van der Waals surface area contributed by atoms with E-state index < -0.39 is 10.8 Å². The number of rotatable bonds is 11. The molecular formula is C28H28N2O8. The molecule has 0 atom stereocenters. The summed E-state index contributed by atoms with van der Waals surface area (Å²) in [5.41, 5.74) is 2.28. The maximum atomic E-state index is 12.7. The lowest BCUT2D eigenvalue weighted by Gasteiger charge is -2.13. The van der Waals surface area contributed by atoms with Gasteiger partial charge in [0.05, 0.1) is 40.5 Å². The third-order valence-electron chi connectivity index (χ3n) is 5.49. The van der Waals surface area contributed by atoms with Crippen molar-refractivity contribution in [2.24, 2.45) is 0 Å². The maximum Gasteiger partial charge on any atom is 0.311 e. The molecule has 0 aliphatic carbocycles. The summed E-state index contributed by atoms with van der Waals surface area (Å²) < 4.78 is 26.5. The highest BCUT2D eigenvalue weighted by molar-refractivity contribution is 6.03. The van der Waals surface area contributed by atoms with E-state index >= 15 is 0 Å². The van der Waals surface area contributed by atoms with Gasteiger partial charge >= 0.3 is 5.69 Å². The summed E-state index contributed by atoms with van der Waals surface area (Å²) in [6.45, 7) is 0. The summed E-state index contributed by atoms with van der Waals surface area (Å²) in [4.78, 5) is 23.4. The van der Waals surface area contributed by atoms with Crippen molar-refractivity contribution in [2.45, 2.75) is 0 Å². The number of hydrogen-bond donors (Lipinski definition) is 1. The molecule has 0 heterocycles. The third kappa shape index (κ3) is 6.61. The Bertz CT molecular complexity index is 1360. The molecule has 0 radical (unpaired) electrons. The number of amides is 1. The molecule has 0 aliphatic rings. The van der Waals surface area contributed by atoms with Crippen LogP contribution in [0.25, 0.3) is 18.2 Å². The van der Waals surface area contributed by atoms with Crippen LogP contribution in [0.1, 0.15) is 16.7 Å². The van der Waals surface area contributed by atoms with Gasteiger partial charge in [0, 0.05) is 23.4 Å². The summed E-state index contributed by atoms with van der Waals surface area (Å²) in [6, 6.07) is 13.3. The number of hydrogen-bond acceptors (Lipinski definition) is 8. The van der Waals surface area contributed by atoms with Crippen LogP contribution in [-0.4, -0.2) is 46.4 Å². The molecule has 0 aliphatic heterocycles. The molecule has 1 amide bonds. The Labute approximate surface area is 220 Å². The number of nitrogens with zero attached hydrogens (tertiary/aromatic N) is 1. The summed E-state index contributed by atoms with van der Waals surface area (Å²) in [5.74, 6) is 1.82. The smallest absolute Gasteiger partial charge is 0.311 e. The number of carbonyl (C=O) groups excluding carboxylic acids is 1. The second-order valence-corrected chi connectivity index (χ2v) is 7.76. The van der Waals surface area contributed by atoms with Gasteiger partial charge in [-0.2, -0.15) is 0 Å². The molecule has 1 N–H and O–H groups in total. The Kier molecular flexibility index (Phi) is 9.31. The molecule has 198 valence electrons. The summed E-state index contributed by atoms with van der Waals surface area (Å²) in [6.07, 6.45) is 6.43. The Balaban J connectivity index is 1.87. The van der Waals surface area contributed by atoms with Crippen molar-refractivity contribution in [3.8, 4) is 28.7 Å². The van der Waals surface area contributed by atoms with Gasteiger partial charge in [-0.1, -0.05) is 18.2 Å². The SMILES string of the molecule is COc1ccc(NC(=O)/C=C/c2ccc(OC)c([N+](=O)[O-])c2)c(C=Cc2cc(OC)c(OC)c(OC)c2)c1. The zero-order valence-electron chi connectivity index (χ0n) is 21.6. The van der Waals surface area contributed by atoms with E-state index in [4.69, 9.17) is 23.7 Å².